The summed E-state index contributed by atoms with van der Waals surface area (Å²) in [6.45, 7) is 0.507. The van der Waals surface area contributed by atoms with Crippen LogP contribution in [0.1, 0.15) is 15.9 Å². The maximum atomic E-state index is 13.0. The van der Waals surface area contributed by atoms with Crippen molar-refractivity contribution in [1.82, 2.24) is 9.78 Å². The Morgan fingerprint density at radius 2 is 2.31 bits per heavy atom. The van der Waals surface area contributed by atoms with E-state index in [-0.39, 0.29) is 5.82 Å². The first-order valence-electron chi connectivity index (χ1n) is 4.60. The molecule has 0 atom stereocenters. The monoisotopic (exact) mass is 282 g/mol. The molecule has 0 fully saturated rings. The minimum absolute atomic E-state index is 0.294. The van der Waals surface area contributed by atoms with Crippen LogP contribution in [-0.2, 0) is 6.54 Å². The lowest BCUT2D eigenvalue weighted by molar-refractivity contribution is 0.112. The van der Waals surface area contributed by atoms with Crippen LogP contribution in [-0.4, -0.2) is 16.1 Å². The lowest BCUT2D eigenvalue weighted by atomic mass is 10.2. The van der Waals surface area contributed by atoms with Gasteiger partial charge in [0.25, 0.3) is 0 Å². The van der Waals surface area contributed by atoms with Crippen LogP contribution in [0, 0.1) is 5.82 Å². The lowest BCUT2D eigenvalue weighted by Crippen LogP contribution is -2.00. The van der Waals surface area contributed by atoms with Crippen LogP contribution in [0.5, 0.6) is 0 Å². The smallest absolute Gasteiger partial charge is 0.153 e. The topological polar surface area (TPSA) is 34.9 Å². The van der Waals surface area contributed by atoms with E-state index >= 15 is 0 Å². The molecule has 0 aliphatic rings. The van der Waals surface area contributed by atoms with Crippen LogP contribution in [0.3, 0.4) is 0 Å². The Morgan fingerprint density at radius 1 is 1.50 bits per heavy atom. The predicted molar refractivity (Wildman–Crippen MR) is 60.8 cm³/mol. The highest BCUT2D eigenvalue weighted by Gasteiger charge is 2.02. The Labute approximate surface area is 100 Å². The highest BCUT2D eigenvalue weighted by molar-refractivity contribution is 9.10. The van der Waals surface area contributed by atoms with Crippen molar-refractivity contribution < 1.29 is 9.18 Å². The Morgan fingerprint density at radius 3 is 2.94 bits per heavy atom. The second kappa shape index (κ2) is 4.57. The maximum absolute atomic E-state index is 13.0. The van der Waals surface area contributed by atoms with Gasteiger partial charge in [0.2, 0.25) is 0 Å². The van der Waals surface area contributed by atoms with Gasteiger partial charge in [-0.25, -0.2) is 4.39 Å². The van der Waals surface area contributed by atoms with E-state index in [9.17, 15) is 9.18 Å². The number of benzene rings is 1. The highest BCUT2D eigenvalue weighted by Crippen LogP contribution is 2.17. The largest absolute Gasteiger partial charge is 0.298 e. The second-order valence-electron chi connectivity index (χ2n) is 3.34. The maximum Gasteiger partial charge on any atom is 0.153 e. The summed E-state index contributed by atoms with van der Waals surface area (Å²) in [7, 11) is 0. The molecule has 1 heterocycles. The van der Waals surface area contributed by atoms with Gasteiger partial charge in [0.05, 0.1) is 22.8 Å². The quantitative estimate of drug-likeness (QED) is 0.812. The fourth-order valence-corrected chi connectivity index (χ4v) is 1.78. The summed E-state index contributed by atoms with van der Waals surface area (Å²) < 4.78 is 15.0. The van der Waals surface area contributed by atoms with Crippen LogP contribution in [0.2, 0.25) is 0 Å². The van der Waals surface area contributed by atoms with Crippen molar-refractivity contribution in [2.45, 2.75) is 6.54 Å². The third kappa shape index (κ3) is 2.36. The van der Waals surface area contributed by atoms with Crippen molar-refractivity contribution >= 4 is 22.2 Å². The molecule has 3 nitrogen and oxygen atoms in total. The Hall–Kier alpha value is -1.49. The lowest BCUT2D eigenvalue weighted by Gasteiger charge is -2.02. The SMILES string of the molecule is O=Cc1cnn(Cc2ccc(F)c(Br)c2)c1. The molecule has 0 unspecified atom stereocenters. The van der Waals surface area contributed by atoms with Crippen LogP contribution in [0.15, 0.2) is 35.1 Å². The van der Waals surface area contributed by atoms with Crippen molar-refractivity contribution in [2.75, 3.05) is 0 Å². The van der Waals surface area contributed by atoms with Gasteiger partial charge >= 0.3 is 0 Å². The molecule has 2 aromatic rings. The van der Waals surface area contributed by atoms with E-state index in [0.717, 1.165) is 11.8 Å². The zero-order valence-electron chi connectivity index (χ0n) is 8.23. The fourth-order valence-electron chi connectivity index (χ4n) is 1.35. The van der Waals surface area contributed by atoms with Gasteiger partial charge in [-0.3, -0.25) is 9.48 Å². The molecule has 5 heteroatoms. The number of nitrogens with zero attached hydrogens (tertiary/aromatic N) is 2. The van der Waals surface area contributed by atoms with Crippen molar-refractivity contribution in [3.05, 3.63) is 52.0 Å². The van der Waals surface area contributed by atoms with Crippen molar-refractivity contribution in [3.63, 3.8) is 0 Å². The first kappa shape index (κ1) is 11.0. The molecule has 0 amide bonds. The summed E-state index contributed by atoms with van der Waals surface area (Å²) in [5, 5.41) is 4.01. The number of hydrogen-bond acceptors (Lipinski definition) is 2. The molecule has 0 aliphatic heterocycles. The molecule has 82 valence electrons. The van der Waals surface area contributed by atoms with E-state index in [4.69, 9.17) is 0 Å². The average Bonchev–Trinajstić information content (AvgIpc) is 2.71. The Bertz CT molecular complexity index is 524. The van der Waals surface area contributed by atoms with Gasteiger partial charge in [0.15, 0.2) is 6.29 Å². The highest BCUT2D eigenvalue weighted by atomic mass is 79.9. The number of aldehydes is 1. The summed E-state index contributed by atoms with van der Waals surface area (Å²) in [5.74, 6) is -0.294. The van der Waals surface area contributed by atoms with Crippen LogP contribution in [0.25, 0.3) is 0 Å². The standard InChI is InChI=1S/C11H8BrFN2O/c12-10-3-8(1-2-11(10)13)5-15-6-9(7-16)4-14-15/h1-4,6-7H,5H2. The molecule has 0 spiro atoms. The molecule has 2 rings (SSSR count). The minimum Gasteiger partial charge on any atom is -0.298 e. The molecule has 1 aromatic heterocycles. The summed E-state index contributed by atoms with van der Waals surface area (Å²) in [6, 6.07) is 4.77. The van der Waals surface area contributed by atoms with Crippen molar-refractivity contribution in [3.8, 4) is 0 Å². The number of carbonyl (C=O) groups is 1. The van der Waals surface area contributed by atoms with Gasteiger partial charge in [0, 0.05) is 6.20 Å². The Kier molecular flexibility index (Phi) is 3.14. The van der Waals surface area contributed by atoms with E-state index in [1.54, 1.807) is 23.0 Å². The van der Waals surface area contributed by atoms with E-state index in [0.29, 0.717) is 16.6 Å². The van der Waals surface area contributed by atoms with Gasteiger partial charge in [-0.05, 0) is 33.6 Å². The third-order valence-corrected chi connectivity index (χ3v) is 2.73. The molecule has 1 aromatic carbocycles. The molecule has 16 heavy (non-hydrogen) atoms. The second-order valence-corrected chi connectivity index (χ2v) is 4.19. The van der Waals surface area contributed by atoms with Crippen LogP contribution >= 0.6 is 15.9 Å². The van der Waals surface area contributed by atoms with Gasteiger partial charge in [-0.1, -0.05) is 6.07 Å². The summed E-state index contributed by atoms with van der Waals surface area (Å²) >= 11 is 3.12. The van der Waals surface area contributed by atoms with E-state index in [1.807, 2.05) is 0 Å². The molecule has 0 N–H and O–H groups in total. The molecular weight excluding hydrogens is 275 g/mol. The fraction of sp³-hybridized carbons (Fsp3) is 0.0909. The predicted octanol–water partition coefficient (Wildman–Crippen LogP) is 2.65. The van der Waals surface area contributed by atoms with E-state index in [2.05, 4.69) is 21.0 Å². The number of rotatable bonds is 3. The zero-order valence-corrected chi connectivity index (χ0v) is 9.82. The summed E-state index contributed by atoms with van der Waals surface area (Å²) in [6.07, 6.45) is 3.87. The normalized spacial score (nSPS) is 10.4. The molecule has 0 radical (unpaired) electrons. The molecule has 0 bridgehead atoms. The van der Waals surface area contributed by atoms with Crippen molar-refractivity contribution in [2.24, 2.45) is 0 Å². The molecule has 0 aliphatic carbocycles. The molecular formula is C11H8BrFN2O. The van der Waals surface area contributed by atoms with Gasteiger partial charge in [-0.15, -0.1) is 0 Å². The van der Waals surface area contributed by atoms with Gasteiger partial charge in [-0.2, -0.15) is 5.10 Å². The zero-order chi connectivity index (χ0) is 11.5. The molecule has 0 saturated heterocycles. The van der Waals surface area contributed by atoms with Crippen LogP contribution in [0.4, 0.5) is 4.39 Å². The number of carbonyl (C=O) groups excluding carboxylic acids is 1. The molecule has 0 saturated carbocycles. The van der Waals surface area contributed by atoms with Crippen LogP contribution < -0.4 is 0 Å². The number of aromatic nitrogens is 2. The number of halogens is 2. The summed E-state index contributed by atoms with van der Waals surface area (Å²) in [4.78, 5) is 10.5. The minimum atomic E-state index is -0.294. The Balaban J connectivity index is 2.20. The average molecular weight is 283 g/mol. The van der Waals surface area contributed by atoms with Gasteiger partial charge < -0.3 is 0 Å². The number of hydrogen-bond donors (Lipinski definition) is 0. The van der Waals surface area contributed by atoms with E-state index in [1.165, 1.54) is 12.3 Å². The first-order chi connectivity index (χ1) is 7.69. The summed E-state index contributed by atoms with van der Waals surface area (Å²) in [5.41, 5.74) is 1.44. The van der Waals surface area contributed by atoms with Gasteiger partial charge in [0.1, 0.15) is 5.82 Å². The first-order valence-corrected chi connectivity index (χ1v) is 5.40. The third-order valence-electron chi connectivity index (χ3n) is 2.12. The van der Waals surface area contributed by atoms with Crippen molar-refractivity contribution in [1.29, 1.82) is 0 Å². The van der Waals surface area contributed by atoms with E-state index < -0.39 is 0 Å².